The number of thioether (sulfide) groups is 1. The van der Waals surface area contributed by atoms with Gasteiger partial charge < -0.3 is 0 Å². The molecule has 0 saturated heterocycles. The van der Waals surface area contributed by atoms with E-state index in [-0.39, 0.29) is 6.42 Å². The predicted molar refractivity (Wildman–Crippen MR) is 57.8 cm³/mol. The smallest absolute Gasteiger partial charge is 0.287 e. The minimum absolute atomic E-state index is 0.0736. The zero-order valence-corrected chi connectivity index (χ0v) is 11.1. The molecule has 0 aliphatic rings. The first-order valence-corrected chi connectivity index (χ1v) is 6.44. The van der Waals surface area contributed by atoms with Crippen LogP contribution in [0, 0.1) is 0 Å². The molecule has 0 aromatic carbocycles. The van der Waals surface area contributed by atoms with Gasteiger partial charge in [0.25, 0.3) is 5.92 Å². The third kappa shape index (κ3) is 5.84. The molecule has 0 aromatic heterocycles. The van der Waals surface area contributed by atoms with Crippen LogP contribution in [0.5, 0.6) is 0 Å². The van der Waals surface area contributed by atoms with Crippen molar-refractivity contribution in [1.82, 2.24) is 0 Å². The van der Waals surface area contributed by atoms with Crippen molar-refractivity contribution in [3.05, 3.63) is 0 Å². The zero-order valence-electron chi connectivity index (χ0n) is 10.2. The maximum atomic E-state index is 13.1. The van der Waals surface area contributed by atoms with Crippen molar-refractivity contribution < 1.29 is 39.9 Å². The standard InChI is InChI=1S/C10H12F8OS/c1-2-7(19)20-4-3-6(11)8(12,13)5-9(14,15)10(16,17)18/h6H,2-5H2,1H3. The Morgan fingerprint density at radius 3 is 2.00 bits per heavy atom. The zero-order chi connectivity index (χ0) is 16.2. The Labute approximate surface area is 114 Å². The topological polar surface area (TPSA) is 17.1 Å². The van der Waals surface area contributed by atoms with Crippen molar-refractivity contribution in [3.63, 3.8) is 0 Å². The van der Waals surface area contributed by atoms with E-state index >= 15 is 0 Å². The van der Waals surface area contributed by atoms with Crippen molar-refractivity contribution in [2.24, 2.45) is 0 Å². The highest BCUT2D eigenvalue weighted by Gasteiger charge is 2.63. The van der Waals surface area contributed by atoms with Gasteiger partial charge in [-0.1, -0.05) is 18.7 Å². The highest BCUT2D eigenvalue weighted by molar-refractivity contribution is 8.13. The van der Waals surface area contributed by atoms with E-state index in [2.05, 4.69) is 0 Å². The molecule has 0 aliphatic heterocycles. The summed E-state index contributed by atoms with van der Waals surface area (Å²) in [5, 5.41) is -0.416. The lowest BCUT2D eigenvalue weighted by Crippen LogP contribution is -2.45. The van der Waals surface area contributed by atoms with E-state index in [4.69, 9.17) is 0 Å². The molecule has 10 heteroatoms. The third-order valence-corrected chi connectivity index (χ3v) is 3.30. The van der Waals surface area contributed by atoms with Crippen LogP contribution in [0.15, 0.2) is 0 Å². The molecule has 0 aliphatic carbocycles. The van der Waals surface area contributed by atoms with Crippen molar-refractivity contribution in [1.29, 1.82) is 0 Å². The second kappa shape index (κ2) is 6.95. The molecule has 0 fully saturated rings. The van der Waals surface area contributed by atoms with Gasteiger partial charge in [0.1, 0.15) is 0 Å². The molecule has 0 bridgehead atoms. The molecule has 1 unspecified atom stereocenters. The van der Waals surface area contributed by atoms with Gasteiger partial charge in [-0.25, -0.2) is 13.2 Å². The summed E-state index contributed by atoms with van der Waals surface area (Å²) in [5.74, 6) is -10.9. The van der Waals surface area contributed by atoms with Gasteiger partial charge in [0.15, 0.2) is 11.3 Å². The predicted octanol–water partition coefficient (Wildman–Crippen LogP) is 4.61. The van der Waals surface area contributed by atoms with Gasteiger partial charge in [0.2, 0.25) is 0 Å². The fourth-order valence-electron chi connectivity index (χ4n) is 1.10. The number of hydrogen-bond donors (Lipinski definition) is 0. The second-order valence-electron chi connectivity index (χ2n) is 3.97. The lowest BCUT2D eigenvalue weighted by molar-refractivity contribution is -0.304. The van der Waals surface area contributed by atoms with E-state index in [1.54, 1.807) is 0 Å². The first kappa shape index (κ1) is 19.5. The fraction of sp³-hybridized carbons (Fsp3) is 0.900. The maximum absolute atomic E-state index is 13.1. The Morgan fingerprint density at radius 2 is 1.60 bits per heavy atom. The molecule has 0 spiro atoms. The number of hydrogen-bond acceptors (Lipinski definition) is 2. The molecule has 0 N–H and O–H groups in total. The monoisotopic (exact) mass is 332 g/mol. The highest BCUT2D eigenvalue weighted by Crippen LogP contribution is 2.44. The van der Waals surface area contributed by atoms with Crippen molar-refractivity contribution in [2.75, 3.05) is 5.75 Å². The van der Waals surface area contributed by atoms with E-state index < -0.39 is 47.9 Å². The van der Waals surface area contributed by atoms with E-state index in [1.807, 2.05) is 0 Å². The van der Waals surface area contributed by atoms with Gasteiger partial charge in [-0.15, -0.1) is 0 Å². The molecule has 0 radical (unpaired) electrons. The molecule has 0 amide bonds. The number of carbonyl (C=O) groups is 1. The van der Waals surface area contributed by atoms with Crippen LogP contribution in [0.4, 0.5) is 35.1 Å². The fourth-order valence-corrected chi connectivity index (χ4v) is 1.85. The summed E-state index contributed by atoms with van der Waals surface area (Å²) in [7, 11) is 0. The van der Waals surface area contributed by atoms with Crippen LogP contribution in [0.1, 0.15) is 26.2 Å². The molecule has 0 saturated carbocycles. The Morgan fingerprint density at radius 1 is 1.10 bits per heavy atom. The van der Waals surface area contributed by atoms with Crippen LogP contribution in [0.3, 0.4) is 0 Å². The maximum Gasteiger partial charge on any atom is 0.453 e. The molecule has 1 nitrogen and oxygen atoms in total. The molecule has 0 aromatic rings. The van der Waals surface area contributed by atoms with Gasteiger partial charge in [-0.3, -0.25) is 4.79 Å². The Hall–Kier alpha value is -0.540. The average molecular weight is 332 g/mol. The van der Waals surface area contributed by atoms with Crippen LogP contribution in [-0.4, -0.2) is 35.1 Å². The minimum atomic E-state index is -6.16. The molecular formula is C10H12F8OS. The Bertz CT molecular complexity index is 328. The molecule has 0 heterocycles. The Balaban J connectivity index is 4.52. The molecular weight excluding hydrogens is 320 g/mol. The lowest BCUT2D eigenvalue weighted by atomic mass is 10.0. The van der Waals surface area contributed by atoms with Crippen LogP contribution in [-0.2, 0) is 4.79 Å². The number of halogens is 8. The summed E-state index contributed by atoms with van der Waals surface area (Å²) in [6.45, 7) is 1.47. The van der Waals surface area contributed by atoms with Gasteiger partial charge in [0.05, 0.1) is 6.42 Å². The van der Waals surface area contributed by atoms with Gasteiger partial charge >= 0.3 is 12.1 Å². The van der Waals surface area contributed by atoms with Crippen molar-refractivity contribution in [2.45, 2.75) is 50.4 Å². The number of carbonyl (C=O) groups excluding carboxylic acids is 1. The average Bonchev–Trinajstić information content (AvgIpc) is 2.25. The quantitative estimate of drug-likeness (QED) is 0.634. The summed E-state index contributed by atoms with van der Waals surface area (Å²) in [6.07, 6.45) is -13.2. The van der Waals surface area contributed by atoms with Crippen LogP contribution >= 0.6 is 11.8 Å². The van der Waals surface area contributed by atoms with E-state index in [1.165, 1.54) is 6.92 Å². The largest absolute Gasteiger partial charge is 0.453 e. The third-order valence-electron chi connectivity index (χ3n) is 2.25. The highest BCUT2D eigenvalue weighted by atomic mass is 32.2. The van der Waals surface area contributed by atoms with E-state index in [0.717, 1.165) is 0 Å². The molecule has 120 valence electrons. The molecule has 20 heavy (non-hydrogen) atoms. The van der Waals surface area contributed by atoms with Crippen LogP contribution < -0.4 is 0 Å². The van der Waals surface area contributed by atoms with Gasteiger partial charge in [-0.2, -0.15) is 22.0 Å². The lowest BCUT2D eigenvalue weighted by Gasteiger charge is -2.26. The first-order chi connectivity index (χ1) is 8.83. The normalized spacial score (nSPS) is 15.2. The summed E-state index contributed by atoms with van der Waals surface area (Å²) >= 11 is 0.522. The summed E-state index contributed by atoms with van der Waals surface area (Å²) in [5.41, 5.74) is 0. The van der Waals surface area contributed by atoms with Crippen molar-refractivity contribution >= 4 is 16.9 Å². The molecule has 0 rings (SSSR count). The Kier molecular flexibility index (Phi) is 6.76. The number of rotatable bonds is 7. The van der Waals surface area contributed by atoms with E-state index in [0.29, 0.717) is 11.8 Å². The molecule has 1 atom stereocenters. The van der Waals surface area contributed by atoms with Gasteiger partial charge in [0, 0.05) is 12.2 Å². The van der Waals surface area contributed by atoms with Crippen molar-refractivity contribution in [3.8, 4) is 0 Å². The SMILES string of the molecule is CCC(=O)SCCC(F)C(F)(F)CC(F)(F)C(F)(F)F. The minimum Gasteiger partial charge on any atom is -0.287 e. The van der Waals surface area contributed by atoms with E-state index in [9.17, 15) is 39.9 Å². The number of alkyl halides is 8. The summed E-state index contributed by atoms with van der Waals surface area (Å²) in [6, 6.07) is 0. The summed E-state index contributed by atoms with van der Waals surface area (Å²) < 4.78 is 99.3. The summed E-state index contributed by atoms with van der Waals surface area (Å²) in [4.78, 5) is 10.8. The first-order valence-electron chi connectivity index (χ1n) is 5.45. The van der Waals surface area contributed by atoms with Crippen LogP contribution in [0.25, 0.3) is 0 Å². The van der Waals surface area contributed by atoms with Crippen LogP contribution in [0.2, 0.25) is 0 Å². The second-order valence-corrected chi connectivity index (χ2v) is 5.12. The van der Waals surface area contributed by atoms with Gasteiger partial charge in [-0.05, 0) is 6.42 Å².